The van der Waals surface area contributed by atoms with E-state index in [1.807, 2.05) is 25.7 Å². The highest BCUT2D eigenvalue weighted by Crippen LogP contribution is 2.19. The van der Waals surface area contributed by atoms with Crippen LogP contribution in [-0.2, 0) is 15.3 Å². The van der Waals surface area contributed by atoms with Gasteiger partial charge in [-0.3, -0.25) is 14.5 Å². The van der Waals surface area contributed by atoms with Crippen molar-refractivity contribution in [3.63, 3.8) is 0 Å². The third kappa shape index (κ3) is 5.24. The summed E-state index contributed by atoms with van der Waals surface area (Å²) in [4.78, 5) is 27.9. The number of nitrogens with one attached hydrogen (secondary N) is 1. The van der Waals surface area contributed by atoms with Gasteiger partial charge in [0.1, 0.15) is 5.76 Å². The fraction of sp³-hybridized carbons (Fsp3) is 0.688. The van der Waals surface area contributed by atoms with E-state index >= 15 is 0 Å². The minimum Gasteiger partial charge on any atom is -0.361 e. The van der Waals surface area contributed by atoms with E-state index in [4.69, 9.17) is 4.52 Å². The molecular weight excluding hydrogens is 328 g/mol. The monoisotopic (exact) mass is 354 g/mol. The molecule has 2 rings (SSSR count). The number of amides is 2. The Morgan fingerprint density at radius 2 is 1.96 bits per heavy atom. The van der Waals surface area contributed by atoms with Gasteiger partial charge < -0.3 is 14.7 Å². The van der Waals surface area contributed by atoms with Crippen molar-refractivity contribution in [2.75, 3.05) is 45.0 Å². The molecule has 1 aromatic rings. The van der Waals surface area contributed by atoms with Crippen LogP contribution in [0, 0.1) is 13.8 Å². The predicted molar refractivity (Wildman–Crippen MR) is 93.8 cm³/mol. The summed E-state index contributed by atoms with van der Waals surface area (Å²) in [5.41, 5.74) is 1.98. The normalized spacial score (nSPS) is 15.5. The first-order chi connectivity index (χ1) is 11.5. The fourth-order valence-electron chi connectivity index (χ4n) is 2.65. The molecule has 0 atom stereocenters. The highest BCUT2D eigenvalue weighted by atomic mass is 32.2. The summed E-state index contributed by atoms with van der Waals surface area (Å²) in [7, 11) is 0. The Morgan fingerprint density at radius 1 is 1.25 bits per heavy atom. The van der Waals surface area contributed by atoms with Crippen LogP contribution in [0.2, 0.25) is 0 Å². The third-order valence-electron chi connectivity index (χ3n) is 4.12. The lowest BCUT2D eigenvalue weighted by atomic mass is 10.2. The van der Waals surface area contributed by atoms with E-state index in [-0.39, 0.29) is 11.8 Å². The number of aryl methyl sites for hydroxylation is 2. The minimum absolute atomic E-state index is 0.0484. The van der Waals surface area contributed by atoms with Gasteiger partial charge in [0.05, 0.1) is 18.0 Å². The van der Waals surface area contributed by atoms with Gasteiger partial charge in [0.25, 0.3) is 0 Å². The topological polar surface area (TPSA) is 78.7 Å². The number of thioether (sulfide) groups is 1. The SMILES string of the molecule is CCNC(=O)CN1CCN(C(=O)CSCc2c(C)noc2C)CC1. The molecule has 134 valence electrons. The Bertz CT molecular complexity index is 548. The van der Waals surface area contributed by atoms with Gasteiger partial charge in [0.15, 0.2) is 0 Å². The van der Waals surface area contributed by atoms with Gasteiger partial charge in [-0.25, -0.2) is 0 Å². The van der Waals surface area contributed by atoms with E-state index < -0.39 is 0 Å². The molecule has 0 bridgehead atoms. The molecular formula is C16H26N4O3S. The first-order valence-corrected chi connectivity index (χ1v) is 9.43. The molecule has 1 N–H and O–H groups in total. The number of nitrogens with zero attached hydrogens (tertiary/aromatic N) is 3. The highest BCUT2D eigenvalue weighted by Gasteiger charge is 2.22. The molecule has 0 spiro atoms. The van der Waals surface area contributed by atoms with Crippen LogP contribution in [0.25, 0.3) is 0 Å². The first kappa shape index (κ1) is 18.8. The average molecular weight is 354 g/mol. The van der Waals surface area contributed by atoms with Crippen LogP contribution in [-0.4, -0.2) is 71.8 Å². The number of piperazine rings is 1. The van der Waals surface area contributed by atoms with Gasteiger partial charge in [-0.15, -0.1) is 11.8 Å². The van der Waals surface area contributed by atoms with E-state index in [2.05, 4.69) is 15.4 Å². The molecule has 2 heterocycles. The van der Waals surface area contributed by atoms with Crippen molar-refractivity contribution >= 4 is 23.6 Å². The second-order valence-electron chi connectivity index (χ2n) is 5.91. The van der Waals surface area contributed by atoms with Crippen molar-refractivity contribution in [2.24, 2.45) is 0 Å². The smallest absolute Gasteiger partial charge is 0.234 e. The van der Waals surface area contributed by atoms with Gasteiger partial charge in [-0.1, -0.05) is 5.16 Å². The number of hydrogen-bond donors (Lipinski definition) is 1. The van der Waals surface area contributed by atoms with Crippen molar-refractivity contribution in [1.82, 2.24) is 20.3 Å². The minimum atomic E-state index is 0.0484. The maximum atomic E-state index is 12.3. The van der Waals surface area contributed by atoms with Crippen LogP contribution < -0.4 is 5.32 Å². The summed E-state index contributed by atoms with van der Waals surface area (Å²) in [5.74, 6) is 2.23. The second kappa shape index (κ2) is 9.08. The van der Waals surface area contributed by atoms with Crippen molar-refractivity contribution in [3.8, 4) is 0 Å². The van der Waals surface area contributed by atoms with Crippen molar-refractivity contribution < 1.29 is 14.1 Å². The molecule has 8 heteroatoms. The number of rotatable bonds is 7. The van der Waals surface area contributed by atoms with Crippen LogP contribution in [0.1, 0.15) is 23.9 Å². The number of likely N-dealkylation sites (N-methyl/N-ethyl adjacent to an activating group) is 1. The largest absolute Gasteiger partial charge is 0.361 e. The summed E-state index contributed by atoms with van der Waals surface area (Å²) in [6.07, 6.45) is 0. The Balaban J connectivity index is 1.68. The van der Waals surface area contributed by atoms with Crippen LogP contribution >= 0.6 is 11.8 Å². The van der Waals surface area contributed by atoms with Crippen LogP contribution in [0.4, 0.5) is 0 Å². The zero-order chi connectivity index (χ0) is 17.5. The molecule has 0 aliphatic carbocycles. The molecule has 2 amide bonds. The Morgan fingerprint density at radius 3 is 2.54 bits per heavy atom. The number of hydrogen-bond acceptors (Lipinski definition) is 6. The van der Waals surface area contributed by atoms with E-state index in [0.717, 1.165) is 35.9 Å². The van der Waals surface area contributed by atoms with Crippen LogP contribution in [0.3, 0.4) is 0 Å². The summed E-state index contributed by atoms with van der Waals surface area (Å²) >= 11 is 1.59. The van der Waals surface area contributed by atoms with Gasteiger partial charge >= 0.3 is 0 Å². The molecule has 0 aromatic carbocycles. The molecule has 7 nitrogen and oxygen atoms in total. The van der Waals surface area contributed by atoms with E-state index in [1.165, 1.54) is 0 Å². The predicted octanol–water partition coefficient (Wildman–Crippen LogP) is 0.805. The Hall–Kier alpha value is -1.54. The quantitative estimate of drug-likeness (QED) is 0.780. The van der Waals surface area contributed by atoms with Crippen molar-refractivity contribution in [3.05, 3.63) is 17.0 Å². The molecule has 0 unspecified atom stereocenters. The molecule has 0 saturated carbocycles. The number of aromatic nitrogens is 1. The summed E-state index contributed by atoms with van der Waals surface area (Å²) in [5, 5.41) is 6.73. The molecule has 0 radical (unpaired) electrons. The fourth-order valence-corrected chi connectivity index (χ4v) is 3.73. The standard InChI is InChI=1S/C16H26N4O3S/c1-4-17-15(21)9-19-5-7-20(8-6-19)16(22)11-24-10-14-12(2)18-23-13(14)3/h4-11H2,1-3H3,(H,17,21). The average Bonchev–Trinajstić information content (AvgIpc) is 2.87. The summed E-state index contributed by atoms with van der Waals surface area (Å²) in [6.45, 7) is 9.65. The summed E-state index contributed by atoms with van der Waals surface area (Å²) < 4.78 is 5.13. The lowest BCUT2D eigenvalue weighted by Crippen LogP contribution is -2.51. The highest BCUT2D eigenvalue weighted by molar-refractivity contribution is 7.99. The molecule has 1 aromatic heterocycles. The van der Waals surface area contributed by atoms with Crippen molar-refractivity contribution in [1.29, 1.82) is 0 Å². The maximum absolute atomic E-state index is 12.3. The molecule has 1 aliphatic heterocycles. The lowest BCUT2D eigenvalue weighted by Gasteiger charge is -2.34. The lowest BCUT2D eigenvalue weighted by molar-refractivity contribution is -0.130. The van der Waals surface area contributed by atoms with E-state index in [0.29, 0.717) is 31.9 Å². The first-order valence-electron chi connectivity index (χ1n) is 8.27. The van der Waals surface area contributed by atoms with Gasteiger partial charge in [-0.05, 0) is 20.8 Å². The molecule has 1 aliphatic rings. The molecule has 24 heavy (non-hydrogen) atoms. The van der Waals surface area contributed by atoms with Crippen LogP contribution in [0.5, 0.6) is 0 Å². The Kier molecular flexibility index (Phi) is 7.11. The van der Waals surface area contributed by atoms with Gasteiger partial charge in [0, 0.05) is 44.0 Å². The number of carbonyl (C=O) groups excluding carboxylic acids is 2. The number of carbonyl (C=O) groups is 2. The second-order valence-corrected chi connectivity index (χ2v) is 6.89. The van der Waals surface area contributed by atoms with Crippen LogP contribution in [0.15, 0.2) is 4.52 Å². The maximum Gasteiger partial charge on any atom is 0.234 e. The van der Waals surface area contributed by atoms with Gasteiger partial charge in [0.2, 0.25) is 11.8 Å². The zero-order valence-corrected chi connectivity index (χ0v) is 15.4. The Labute approximate surface area is 147 Å². The third-order valence-corrected chi connectivity index (χ3v) is 5.06. The van der Waals surface area contributed by atoms with Crippen molar-refractivity contribution in [2.45, 2.75) is 26.5 Å². The molecule has 1 saturated heterocycles. The zero-order valence-electron chi connectivity index (χ0n) is 14.6. The summed E-state index contributed by atoms with van der Waals surface area (Å²) in [6, 6.07) is 0. The molecule has 1 fully saturated rings. The van der Waals surface area contributed by atoms with E-state index in [9.17, 15) is 9.59 Å². The van der Waals surface area contributed by atoms with Gasteiger partial charge in [-0.2, -0.15) is 0 Å². The van der Waals surface area contributed by atoms with E-state index in [1.54, 1.807) is 11.8 Å².